The number of fused-ring (bicyclic) bond motifs is 1. The van der Waals surface area contributed by atoms with Gasteiger partial charge >= 0.3 is 11.9 Å². The van der Waals surface area contributed by atoms with Crippen LogP contribution in [0.1, 0.15) is 37.7 Å². The molecule has 0 atom stereocenters. The maximum Gasteiger partial charge on any atom is 0.422 e. The van der Waals surface area contributed by atoms with Crippen molar-refractivity contribution in [3.8, 4) is 17.2 Å². The van der Waals surface area contributed by atoms with Gasteiger partial charge in [0.1, 0.15) is 17.2 Å². The highest BCUT2D eigenvalue weighted by Crippen LogP contribution is 2.27. The number of carbonyl (C=O) groups is 2. The third kappa shape index (κ3) is 6.89. The first-order valence-electron chi connectivity index (χ1n) is 13.7. The maximum absolute atomic E-state index is 13.9. The van der Waals surface area contributed by atoms with E-state index in [0.29, 0.717) is 26.5 Å². The third-order valence-corrected chi connectivity index (χ3v) is 8.59. The summed E-state index contributed by atoms with van der Waals surface area (Å²) in [5.41, 5.74) is 1.95. The molecule has 9 nitrogen and oxygen atoms in total. The van der Waals surface area contributed by atoms with E-state index in [9.17, 15) is 27.6 Å². The van der Waals surface area contributed by atoms with Crippen LogP contribution in [-0.4, -0.2) is 52.3 Å². The van der Waals surface area contributed by atoms with Crippen molar-refractivity contribution in [1.29, 1.82) is 0 Å². The van der Waals surface area contributed by atoms with Crippen molar-refractivity contribution >= 4 is 39.3 Å². The smallest absolute Gasteiger partial charge is 0.422 e. The lowest BCUT2D eigenvalue weighted by Gasteiger charge is -2.28. The first kappa shape index (κ1) is 32.2. The molecule has 0 spiro atoms. The number of hydrogen-bond acceptors (Lipinski definition) is 5. The largest absolute Gasteiger partial charge is 0.496 e. The van der Waals surface area contributed by atoms with Crippen LogP contribution in [0.4, 0.5) is 13.2 Å². The van der Waals surface area contributed by atoms with Crippen LogP contribution in [0.3, 0.4) is 0 Å². The quantitative estimate of drug-likeness (QED) is 0.246. The number of hydrogen-bond donors (Lipinski definition) is 1. The second-order valence-electron chi connectivity index (χ2n) is 10.3. The van der Waals surface area contributed by atoms with Gasteiger partial charge in [-0.15, -0.1) is 0 Å². The van der Waals surface area contributed by atoms with Gasteiger partial charge in [0.05, 0.1) is 30.1 Å². The normalized spacial score (nSPS) is 12.9. The van der Waals surface area contributed by atoms with Gasteiger partial charge in [0.2, 0.25) is 0 Å². The van der Waals surface area contributed by atoms with E-state index in [4.69, 9.17) is 21.1 Å². The molecule has 14 heteroatoms. The minimum absolute atomic E-state index is 0.0113. The number of imidazole rings is 1. The number of halogens is 5. The molecule has 0 saturated carbocycles. The zero-order valence-electron chi connectivity index (χ0n) is 24.1. The number of carbonyl (C=O) groups excluding carboxylic acids is 2. The highest BCUT2D eigenvalue weighted by Gasteiger charge is 2.33. The van der Waals surface area contributed by atoms with Crippen molar-refractivity contribution in [3.05, 3.63) is 109 Å². The fourth-order valence-electron chi connectivity index (χ4n) is 5.12. The fourth-order valence-corrected chi connectivity index (χ4v) is 5.55. The summed E-state index contributed by atoms with van der Waals surface area (Å²) in [6, 6.07) is 15.7. The second-order valence-corrected chi connectivity index (χ2v) is 11.5. The number of amides is 2. The Morgan fingerprint density at radius 3 is 2.47 bits per heavy atom. The second kappa shape index (κ2) is 13.0. The first-order valence-corrected chi connectivity index (χ1v) is 14.8. The van der Waals surface area contributed by atoms with Gasteiger partial charge in [0, 0.05) is 35.2 Å². The summed E-state index contributed by atoms with van der Waals surface area (Å²) in [6.07, 6.45) is -4.52. The van der Waals surface area contributed by atoms with E-state index in [1.165, 1.54) is 51.5 Å². The van der Waals surface area contributed by atoms with Crippen LogP contribution in [0.5, 0.6) is 11.5 Å². The molecule has 2 heterocycles. The average Bonchev–Trinajstić information content (AvgIpc) is 3.31. The number of methoxy groups -OCH3 is 1. The number of benzene rings is 3. The van der Waals surface area contributed by atoms with E-state index in [1.807, 2.05) is 19.1 Å². The molecule has 1 aliphatic rings. The molecular formula is C31H27BrClF3N4O5. The Bertz CT molecular complexity index is 1820. The molecule has 0 aliphatic carbocycles. The summed E-state index contributed by atoms with van der Waals surface area (Å²) in [7, 11) is 1.52. The lowest BCUT2D eigenvalue weighted by atomic mass is 10.1. The monoisotopic (exact) mass is 706 g/mol. The summed E-state index contributed by atoms with van der Waals surface area (Å²) >= 11 is 9.53. The van der Waals surface area contributed by atoms with Gasteiger partial charge < -0.3 is 19.7 Å². The van der Waals surface area contributed by atoms with Crippen molar-refractivity contribution in [3.63, 3.8) is 0 Å². The van der Waals surface area contributed by atoms with E-state index >= 15 is 0 Å². The Morgan fingerprint density at radius 1 is 1.07 bits per heavy atom. The number of aromatic nitrogens is 2. The number of alkyl halides is 3. The molecule has 1 N–H and O–H groups in total. The van der Waals surface area contributed by atoms with Gasteiger partial charge in [0.15, 0.2) is 6.61 Å². The van der Waals surface area contributed by atoms with E-state index in [2.05, 4.69) is 21.2 Å². The molecule has 0 fully saturated rings. The van der Waals surface area contributed by atoms with Crippen LogP contribution < -0.4 is 20.5 Å². The van der Waals surface area contributed by atoms with E-state index in [1.54, 1.807) is 18.2 Å². The molecule has 0 bridgehead atoms. The molecule has 3 aromatic carbocycles. The van der Waals surface area contributed by atoms with E-state index < -0.39 is 24.4 Å². The molecule has 0 radical (unpaired) electrons. The Kier molecular flexibility index (Phi) is 9.31. The molecule has 0 unspecified atom stereocenters. The number of ether oxygens (including phenoxy) is 2. The highest BCUT2D eigenvalue weighted by molar-refractivity contribution is 9.10. The van der Waals surface area contributed by atoms with Crippen molar-refractivity contribution in [2.24, 2.45) is 0 Å². The highest BCUT2D eigenvalue weighted by atomic mass is 79.9. The van der Waals surface area contributed by atoms with Gasteiger partial charge in [0.25, 0.3) is 11.8 Å². The van der Waals surface area contributed by atoms with Crippen LogP contribution in [-0.2, 0) is 19.6 Å². The zero-order valence-corrected chi connectivity index (χ0v) is 26.4. The van der Waals surface area contributed by atoms with Crippen molar-refractivity contribution < 1.29 is 32.2 Å². The predicted octanol–water partition coefficient (Wildman–Crippen LogP) is 5.90. The lowest BCUT2D eigenvalue weighted by Crippen LogP contribution is -2.41. The van der Waals surface area contributed by atoms with E-state index in [-0.39, 0.29) is 49.2 Å². The van der Waals surface area contributed by atoms with Crippen molar-refractivity contribution in [2.75, 3.05) is 20.3 Å². The van der Waals surface area contributed by atoms with Crippen molar-refractivity contribution in [1.82, 2.24) is 19.4 Å². The Labute approximate surface area is 269 Å². The van der Waals surface area contributed by atoms with Gasteiger partial charge in [-0.3, -0.25) is 18.7 Å². The summed E-state index contributed by atoms with van der Waals surface area (Å²) < 4.78 is 51.5. The predicted molar refractivity (Wildman–Crippen MR) is 164 cm³/mol. The molecule has 236 valence electrons. The van der Waals surface area contributed by atoms with Gasteiger partial charge in [-0.1, -0.05) is 23.7 Å². The molecule has 4 aromatic rings. The summed E-state index contributed by atoms with van der Waals surface area (Å²) in [4.78, 5) is 42.7. The van der Waals surface area contributed by atoms with Gasteiger partial charge in [-0.2, -0.15) is 13.2 Å². The summed E-state index contributed by atoms with van der Waals surface area (Å²) in [5, 5.41) is 3.23. The number of aryl methyl sites for hydroxylation is 1. The average molecular weight is 708 g/mol. The Morgan fingerprint density at radius 2 is 1.80 bits per heavy atom. The minimum Gasteiger partial charge on any atom is -0.496 e. The standard InChI is InChI=1S/C31H27BrClF3N4O5/c1-18-4-3-5-26(44-2)22(18)15-37-28(41)27-25-16-38(29(42)19-6-11-23(32)24(33)14-19)12-13-39(25)30(43)40(27)20-7-9-21(10-8-20)45-17-31(34,35)36/h3-11,14H,12-13,15-17H2,1-2H3,(H,37,41). The minimum atomic E-state index is -4.52. The number of nitrogens with one attached hydrogen (secondary N) is 1. The van der Waals surface area contributed by atoms with Crippen LogP contribution >= 0.6 is 27.5 Å². The fraction of sp³-hybridized carbons (Fsp3) is 0.258. The summed E-state index contributed by atoms with van der Waals surface area (Å²) in [5.74, 6) is -0.413. The Hall–Kier alpha value is -4.23. The van der Waals surface area contributed by atoms with Gasteiger partial charge in [-0.25, -0.2) is 4.79 Å². The lowest BCUT2D eigenvalue weighted by molar-refractivity contribution is -0.153. The molecule has 1 aliphatic heterocycles. The molecule has 0 saturated heterocycles. The molecule has 45 heavy (non-hydrogen) atoms. The molecular weight excluding hydrogens is 681 g/mol. The SMILES string of the molecule is COc1cccc(C)c1CNC(=O)c1c2n(c(=O)n1-c1ccc(OCC(F)(F)F)cc1)CCN(C(=O)c1ccc(Br)c(Cl)c1)C2. The molecule has 1 aromatic heterocycles. The van der Waals surface area contributed by atoms with Crippen LogP contribution in [0.25, 0.3) is 5.69 Å². The Balaban J connectivity index is 1.52. The van der Waals surface area contributed by atoms with Crippen LogP contribution in [0.15, 0.2) is 69.9 Å². The number of nitrogens with zero attached hydrogens (tertiary/aromatic N) is 3. The molecule has 5 rings (SSSR count). The summed E-state index contributed by atoms with van der Waals surface area (Å²) in [6.45, 7) is 0.720. The van der Waals surface area contributed by atoms with Crippen LogP contribution in [0, 0.1) is 6.92 Å². The van der Waals surface area contributed by atoms with Gasteiger partial charge in [-0.05, 0) is 76.9 Å². The van der Waals surface area contributed by atoms with Crippen molar-refractivity contribution in [2.45, 2.75) is 32.7 Å². The third-order valence-electron chi connectivity index (χ3n) is 7.36. The van der Waals surface area contributed by atoms with E-state index in [0.717, 1.165) is 11.1 Å². The van der Waals surface area contributed by atoms with Crippen LogP contribution in [0.2, 0.25) is 5.02 Å². The number of rotatable bonds is 8. The topological polar surface area (TPSA) is 94.8 Å². The maximum atomic E-state index is 13.9. The molecule has 2 amide bonds. The zero-order chi connectivity index (χ0) is 32.5. The first-order chi connectivity index (χ1) is 21.4.